The molecule has 0 amide bonds. The smallest absolute Gasteiger partial charge is 0.282 e. The second-order valence-corrected chi connectivity index (χ2v) is 7.41. The molecule has 3 aromatic rings. The molecule has 0 atom stereocenters. The normalized spacial score (nSPS) is 11.3. The van der Waals surface area contributed by atoms with Crippen LogP contribution >= 0.6 is 31.9 Å². The van der Waals surface area contributed by atoms with Gasteiger partial charge in [0.05, 0.1) is 30.8 Å². The van der Waals surface area contributed by atoms with Crippen LogP contribution in [-0.2, 0) is 0 Å². The molecular weight excluding hydrogens is 478 g/mol. The fourth-order valence-corrected chi connectivity index (χ4v) is 3.38. The van der Waals surface area contributed by atoms with Crippen LogP contribution in [0, 0.1) is 6.92 Å². The van der Waals surface area contributed by atoms with Gasteiger partial charge in [0.25, 0.3) is 5.56 Å². The molecule has 6 nitrogen and oxygen atoms in total. The van der Waals surface area contributed by atoms with E-state index in [1.807, 2.05) is 13.0 Å². The van der Waals surface area contributed by atoms with Gasteiger partial charge in [-0.2, -0.15) is 9.78 Å². The number of aryl methyl sites for hydroxylation is 1. The Morgan fingerprint density at radius 2 is 2.00 bits per heavy atom. The van der Waals surface area contributed by atoms with E-state index in [0.29, 0.717) is 34.8 Å². The van der Waals surface area contributed by atoms with Gasteiger partial charge < -0.3 is 9.47 Å². The predicted octanol–water partition coefficient (Wildman–Crippen LogP) is 4.52. The molecule has 0 saturated carbocycles. The lowest BCUT2D eigenvalue weighted by Gasteiger charge is -2.11. The minimum atomic E-state index is -0.232. The lowest BCUT2D eigenvalue weighted by atomic mass is 10.2. The number of hydrogen-bond donors (Lipinski definition) is 0. The molecule has 0 N–H and O–H groups in total. The third kappa shape index (κ3) is 4.06. The van der Waals surface area contributed by atoms with Gasteiger partial charge in [-0.15, -0.1) is 0 Å². The summed E-state index contributed by atoms with van der Waals surface area (Å²) < 4.78 is 13.8. The molecule has 0 aliphatic carbocycles. The zero-order chi connectivity index (χ0) is 19.6. The van der Waals surface area contributed by atoms with Gasteiger partial charge in [0.15, 0.2) is 11.5 Å². The van der Waals surface area contributed by atoms with E-state index in [4.69, 9.17) is 9.47 Å². The molecule has 1 aromatic heterocycles. The molecule has 3 rings (SSSR count). The molecule has 0 radical (unpaired) electrons. The molecule has 0 unspecified atom stereocenters. The number of ether oxygens (including phenoxy) is 2. The minimum Gasteiger partial charge on any atom is -0.493 e. The number of halogens is 2. The number of fused-ring (bicyclic) bond motifs is 1. The monoisotopic (exact) mass is 493 g/mol. The molecule has 0 bridgehead atoms. The molecule has 0 spiro atoms. The zero-order valence-electron chi connectivity index (χ0n) is 15.0. The SMILES string of the molecule is CCOc1cc(C=Nn2c(C)nc3ccc(Br)cc3c2=O)c(Br)cc1OC. The Hall–Kier alpha value is -2.19. The van der Waals surface area contributed by atoms with E-state index in [2.05, 4.69) is 41.9 Å². The Balaban J connectivity index is 2.08. The number of aromatic nitrogens is 2. The van der Waals surface area contributed by atoms with Gasteiger partial charge in [0, 0.05) is 14.5 Å². The summed E-state index contributed by atoms with van der Waals surface area (Å²) in [6.07, 6.45) is 1.59. The molecule has 27 heavy (non-hydrogen) atoms. The van der Waals surface area contributed by atoms with Gasteiger partial charge in [0.2, 0.25) is 0 Å². The molecule has 140 valence electrons. The summed E-state index contributed by atoms with van der Waals surface area (Å²) in [5, 5.41) is 4.84. The Morgan fingerprint density at radius 3 is 2.70 bits per heavy atom. The van der Waals surface area contributed by atoms with Crippen LogP contribution in [0.3, 0.4) is 0 Å². The highest BCUT2D eigenvalue weighted by Crippen LogP contribution is 2.32. The Labute approximate surface area is 173 Å². The van der Waals surface area contributed by atoms with Crippen molar-refractivity contribution < 1.29 is 9.47 Å². The summed E-state index contributed by atoms with van der Waals surface area (Å²) in [6.45, 7) is 4.16. The van der Waals surface area contributed by atoms with E-state index in [0.717, 1.165) is 14.5 Å². The van der Waals surface area contributed by atoms with E-state index in [-0.39, 0.29) is 5.56 Å². The molecule has 0 aliphatic heterocycles. The van der Waals surface area contributed by atoms with Crippen LogP contribution in [0.4, 0.5) is 0 Å². The quantitative estimate of drug-likeness (QED) is 0.489. The molecule has 8 heteroatoms. The first-order valence-corrected chi connectivity index (χ1v) is 9.76. The number of benzene rings is 2. The van der Waals surface area contributed by atoms with Crippen molar-refractivity contribution in [2.24, 2.45) is 5.10 Å². The fraction of sp³-hybridized carbons (Fsp3) is 0.211. The maximum atomic E-state index is 12.8. The molecule has 1 heterocycles. The van der Waals surface area contributed by atoms with Crippen molar-refractivity contribution in [3.63, 3.8) is 0 Å². The molecule has 0 saturated heterocycles. The topological polar surface area (TPSA) is 65.7 Å². The highest BCUT2D eigenvalue weighted by atomic mass is 79.9. The van der Waals surface area contributed by atoms with Crippen molar-refractivity contribution in [2.75, 3.05) is 13.7 Å². The first kappa shape index (κ1) is 19.6. The fourth-order valence-electron chi connectivity index (χ4n) is 2.59. The van der Waals surface area contributed by atoms with Crippen LogP contribution in [0.25, 0.3) is 10.9 Å². The number of methoxy groups -OCH3 is 1. The maximum absolute atomic E-state index is 12.8. The van der Waals surface area contributed by atoms with Gasteiger partial charge in [-0.05, 0) is 60.1 Å². The zero-order valence-corrected chi connectivity index (χ0v) is 18.2. The van der Waals surface area contributed by atoms with E-state index < -0.39 is 0 Å². The highest BCUT2D eigenvalue weighted by molar-refractivity contribution is 9.10. The van der Waals surface area contributed by atoms with Crippen molar-refractivity contribution in [1.29, 1.82) is 0 Å². The molecule has 2 aromatic carbocycles. The summed E-state index contributed by atoms with van der Waals surface area (Å²) in [4.78, 5) is 17.3. The first-order valence-electron chi connectivity index (χ1n) is 8.18. The molecule has 0 fully saturated rings. The van der Waals surface area contributed by atoms with Crippen LogP contribution in [-0.4, -0.2) is 29.6 Å². The average Bonchev–Trinajstić information content (AvgIpc) is 2.64. The lowest BCUT2D eigenvalue weighted by Crippen LogP contribution is -2.20. The summed E-state index contributed by atoms with van der Waals surface area (Å²) in [5.41, 5.74) is 1.15. The summed E-state index contributed by atoms with van der Waals surface area (Å²) in [5.74, 6) is 1.72. The van der Waals surface area contributed by atoms with Gasteiger partial charge in [-0.1, -0.05) is 15.9 Å². The second-order valence-electron chi connectivity index (χ2n) is 5.64. The van der Waals surface area contributed by atoms with E-state index in [9.17, 15) is 4.79 Å². The van der Waals surface area contributed by atoms with Gasteiger partial charge in [-0.3, -0.25) is 4.79 Å². The van der Waals surface area contributed by atoms with Crippen LogP contribution < -0.4 is 15.0 Å². The van der Waals surface area contributed by atoms with E-state index in [1.54, 1.807) is 44.5 Å². The minimum absolute atomic E-state index is 0.232. The van der Waals surface area contributed by atoms with Crippen molar-refractivity contribution in [3.05, 3.63) is 61.0 Å². The van der Waals surface area contributed by atoms with Crippen LogP contribution in [0.2, 0.25) is 0 Å². The average molecular weight is 495 g/mol. The standard InChI is InChI=1S/C19H17Br2N3O3/c1-4-27-18-7-12(15(21)9-17(18)26-3)10-22-24-11(2)23-16-6-5-13(20)8-14(16)19(24)25/h5-10H,4H2,1-3H3. The third-order valence-electron chi connectivity index (χ3n) is 3.87. The third-order valence-corrected chi connectivity index (χ3v) is 5.05. The number of nitrogens with zero attached hydrogens (tertiary/aromatic N) is 3. The summed E-state index contributed by atoms with van der Waals surface area (Å²) in [7, 11) is 1.58. The van der Waals surface area contributed by atoms with E-state index in [1.165, 1.54) is 4.68 Å². The Kier molecular flexibility index (Phi) is 5.96. The van der Waals surface area contributed by atoms with Crippen molar-refractivity contribution >= 4 is 49.0 Å². The molecular formula is C19H17Br2N3O3. The van der Waals surface area contributed by atoms with Crippen LogP contribution in [0.1, 0.15) is 18.3 Å². The number of rotatable bonds is 5. The summed E-state index contributed by atoms with van der Waals surface area (Å²) in [6, 6.07) is 9.01. The van der Waals surface area contributed by atoms with Gasteiger partial charge >= 0.3 is 0 Å². The predicted molar refractivity (Wildman–Crippen MR) is 113 cm³/mol. The van der Waals surface area contributed by atoms with Crippen molar-refractivity contribution in [1.82, 2.24) is 9.66 Å². The first-order chi connectivity index (χ1) is 12.9. The largest absolute Gasteiger partial charge is 0.493 e. The van der Waals surface area contributed by atoms with Gasteiger partial charge in [0.1, 0.15) is 5.82 Å². The Morgan fingerprint density at radius 1 is 1.22 bits per heavy atom. The molecule has 0 aliphatic rings. The van der Waals surface area contributed by atoms with Gasteiger partial charge in [-0.25, -0.2) is 4.98 Å². The van der Waals surface area contributed by atoms with Crippen molar-refractivity contribution in [2.45, 2.75) is 13.8 Å². The maximum Gasteiger partial charge on any atom is 0.282 e. The van der Waals surface area contributed by atoms with Crippen molar-refractivity contribution in [3.8, 4) is 11.5 Å². The Bertz CT molecular complexity index is 1090. The number of hydrogen-bond acceptors (Lipinski definition) is 5. The van der Waals surface area contributed by atoms with E-state index >= 15 is 0 Å². The van der Waals surface area contributed by atoms with Crippen LogP contribution in [0.5, 0.6) is 11.5 Å². The van der Waals surface area contributed by atoms with Crippen LogP contribution in [0.15, 0.2) is 49.2 Å². The highest BCUT2D eigenvalue weighted by Gasteiger charge is 2.11. The second kappa shape index (κ2) is 8.22. The lowest BCUT2D eigenvalue weighted by molar-refractivity contribution is 0.311. The summed E-state index contributed by atoms with van der Waals surface area (Å²) >= 11 is 6.88.